The molecule has 2 heterocycles. The van der Waals surface area contributed by atoms with Crippen molar-refractivity contribution in [3.63, 3.8) is 0 Å². The van der Waals surface area contributed by atoms with Gasteiger partial charge in [-0.3, -0.25) is 9.59 Å². The number of carbonyl (C=O) groups is 2. The third-order valence-electron chi connectivity index (χ3n) is 4.31. The third kappa shape index (κ3) is 3.39. The Hall–Kier alpha value is -1.11. The molecule has 7 heteroatoms. The minimum Gasteiger partial charge on any atom is -0.343 e. The monoisotopic (exact) mass is 316 g/mol. The molecule has 21 heavy (non-hydrogen) atoms. The van der Waals surface area contributed by atoms with Crippen LogP contribution in [0.1, 0.15) is 40.0 Å². The minimum absolute atomic E-state index is 0.143. The van der Waals surface area contributed by atoms with Gasteiger partial charge in [0.2, 0.25) is 11.8 Å². The van der Waals surface area contributed by atoms with Crippen LogP contribution in [-0.2, 0) is 19.4 Å². The molecule has 2 rings (SSSR count). The van der Waals surface area contributed by atoms with E-state index in [0.29, 0.717) is 19.3 Å². The molecule has 0 aromatic rings. The van der Waals surface area contributed by atoms with Gasteiger partial charge < -0.3 is 10.2 Å². The number of nitrogens with zero attached hydrogens (tertiary/aromatic N) is 1. The van der Waals surface area contributed by atoms with E-state index < -0.39 is 27.2 Å². The fourth-order valence-electron chi connectivity index (χ4n) is 3.05. The number of amides is 2. The second-order valence-electron chi connectivity index (χ2n) is 6.49. The molecule has 6 nitrogen and oxygen atoms in total. The molecular weight excluding hydrogens is 292 g/mol. The van der Waals surface area contributed by atoms with Gasteiger partial charge in [0, 0.05) is 6.54 Å². The van der Waals surface area contributed by atoms with Gasteiger partial charge >= 0.3 is 0 Å². The van der Waals surface area contributed by atoms with Crippen molar-refractivity contribution in [1.29, 1.82) is 0 Å². The van der Waals surface area contributed by atoms with E-state index in [1.165, 1.54) is 4.90 Å². The molecule has 0 aromatic heterocycles. The van der Waals surface area contributed by atoms with Crippen molar-refractivity contribution >= 4 is 21.7 Å². The van der Waals surface area contributed by atoms with E-state index in [4.69, 9.17) is 0 Å². The summed E-state index contributed by atoms with van der Waals surface area (Å²) < 4.78 is 23.9. The summed E-state index contributed by atoms with van der Waals surface area (Å²) in [6.07, 6.45) is 1.80. The summed E-state index contributed by atoms with van der Waals surface area (Å²) in [4.78, 5) is 26.0. The second-order valence-corrected chi connectivity index (χ2v) is 8.89. The molecule has 0 bridgehead atoms. The van der Waals surface area contributed by atoms with Gasteiger partial charge in [0.05, 0.1) is 11.0 Å². The molecule has 3 atom stereocenters. The van der Waals surface area contributed by atoms with Gasteiger partial charge in [0.15, 0.2) is 9.84 Å². The van der Waals surface area contributed by atoms with Crippen molar-refractivity contribution < 1.29 is 18.0 Å². The Bertz CT molecular complexity index is 529. The average Bonchev–Trinajstić information content (AvgIpc) is 2.70. The first-order valence-electron chi connectivity index (χ1n) is 7.55. The van der Waals surface area contributed by atoms with Crippen LogP contribution in [0, 0.1) is 5.92 Å². The van der Waals surface area contributed by atoms with Gasteiger partial charge in [-0.15, -0.1) is 0 Å². The van der Waals surface area contributed by atoms with Gasteiger partial charge in [-0.25, -0.2) is 8.42 Å². The van der Waals surface area contributed by atoms with Crippen LogP contribution in [0.5, 0.6) is 0 Å². The van der Waals surface area contributed by atoms with Gasteiger partial charge in [-0.2, -0.15) is 0 Å². The number of hydrogen-bond acceptors (Lipinski definition) is 4. The summed E-state index contributed by atoms with van der Waals surface area (Å²) in [6.45, 7) is 5.78. The number of carbonyl (C=O) groups excluding carboxylic acids is 2. The Kier molecular flexibility index (Phi) is 4.60. The topological polar surface area (TPSA) is 83.6 Å². The summed E-state index contributed by atoms with van der Waals surface area (Å²) in [7, 11) is -3.12. The van der Waals surface area contributed by atoms with E-state index in [0.717, 1.165) is 0 Å². The van der Waals surface area contributed by atoms with E-state index in [-0.39, 0.29) is 30.0 Å². The first-order valence-corrected chi connectivity index (χ1v) is 9.26. The molecule has 0 aliphatic carbocycles. The molecule has 2 saturated heterocycles. The highest BCUT2D eigenvalue weighted by molar-refractivity contribution is 7.92. The third-order valence-corrected chi connectivity index (χ3v) is 6.57. The van der Waals surface area contributed by atoms with Crippen molar-refractivity contribution in [1.82, 2.24) is 10.2 Å². The van der Waals surface area contributed by atoms with Crippen LogP contribution in [0.4, 0.5) is 0 Å². The Labute approximate surface area is 126 Å². The van der Waals surface area contributed by atoms with E-state index in [1.54, 1.807) is 6.92 Å². The zero-order chi connectivity index (χ0) is 15.8. The summed E-state index contributed by atoms with van der Waals surface area (Å²) in [6, 6.07) is -1.13. The van der Waals surface area contributed by atoms with Gasteiger partial charge in [-0.05, 0) is 32.1 Å². The van der Waals surface area contributed by atoms with Crippen LogP contribution in [0.3, 0.4) is 0 Å². The Morgan fingerprint density at radius 3 is 2.52 bits per heavy atom. The molecule has 1 N–H and O–H groups in total. The lowest BCUT2D eigenvalue weighted by Crippen LogP contribution is -2.63. The average molecular weight is 316 g/mol. The molecule has 2 amide bonds. The standard InChI is InChI=1S/C14H24N2O4S/c1-9(2)7-12-14(18)16(10(3)13(17)15-12)8-11-5-4-6-21(11,19)20/h9-12H,4-8H2,1-3H3,(H,15,17). The molecule has 0 spiro atoms. The maximum absolute atomic E-state index is 12.5. The van der Waals surface area contributed by atoms with Crippen LogP contribution in [0.25, 0.3) is 0 Å². The molecule has 2 aliphatic rings. The second kappa shape index (κ2) is 5.94. The normalized spacial score (nSPS) is 32.6. The lowest BCUT2D eigenvalue weighted by Gasteiger charge is -2.39. The Morgan fingerprint density at radius 2 is 2.00 bits per heavy atom. The summed E-state index contributed by atoms with van der Waals surface area (Å²) >= 11 is 0. The lowest BCUT2D eigenvalue weighted by atomic mass is 9.98. The van der Waals surface area contributed by atoms with E-state index >= 15 is 0 Å². The fourth-order valence-corrected chi connectivity index (χ4v) is 4.86. The highest BCUT2D eigenvalue weighted by Crippen LogP contribution is 2.24. The van der Waals surface area contributed by atoms with Crippen LogP contribution >= 0.6 is 0 Å². The summed E-state index contributed by atoms with van der Waals surface area (Å²) in [5, 5.41) is 2.22. The highest BCUT2D eigenvalue weighted by atomic mass is 32.2. The molecule has 2 fully saturated rings. The first-order chi connectivity index (χ1) is 9.72. The van der Waals surface area contributed by atoms with Gasteiger partial charge in [0.1, 0.15) is 12.1 Å². The molecule has 0 saturated carbocycles. The molecular formula is C14H24N2O4S. The predicted molar refractivity (Wildman–Crippen MR) is 79.4 cm³/mol. The van der Waals surface area contributed by atoms with Crippen LogP contribution < -0.4 is 5.32 Å². The van der Waals surface area contributed by atoms with Crippen molar-refractivity contribution in [2.24, 2.45) is 5.92 Å². The van der Waals surface area contributed by atoms with Crippen molar-refractivity contribution in [3.05, 3.63) is 0 Å². The van der Waals surface area contributed by atoms with Crippen LogP contribution in [0.15, 0.2) is 0 Å². The highest BCUT2D eigenvalue weighted by Gasteiger charge is 2.42. The van der Waals surface area contributed by atoms with Crippen LogP contribution in [0.2, 0.25) is 0 Å². The molecule has 2 aliphatic heterocycles. The van der Waals surface area contributed by atoms with E-state index in [2.05, 4.69) is 5.32 Å². The Morgan fingerprint density at radius 1 is 1.33 bits per heavy atom. The SMILES string of the molecule is CC(C)CC1NC(=O)C(C)N(CC2CCCS2(=O)=O)C1=O. The van der Waals surface area contributed by atoms with Crippen molar-refractivity contribution in [3.8, 4) is 0 Å². The van der Waals surface area contributed by atoms with Crippen LogP contribution in [-0.4, -0.2) is 54.8 Å². The maximum atomic E-state index is 12.5. The van der Waals surface area contributed by atoms with Gasteiger partial charge in [0.25, 0.3) is 0 Å². The fraction of sp³-hybridized carbons (Fsp3) is 0.857. The summed E-state index contributed by atoms with van der Waals surface area (Å²) in [5.41, 5.74) is 0. The number of piperazine rings is 1. The number of nitrogens with one attached hydrogen (secondary N) is 1. The smallest absolute Gasteiger partial charge is 0.245 e. The molecule has 120 valence electrons. The maximum Gasteiger partial charge on any atom is 0.245 e. The van der Waals surface area contributed by atoms with Gasteiger partial charge in [-0.1, -0.05) is 13.8 Å². The zero-order valence-corrected chi connectivity index (χ0v) is 13.6. The molecule has 0 aromatic carbocycles. The molecule has 3 unspecified atom stereocenters. The summed E-state index contributed by atoms with van der Waals surface area (Å²) in [5.74, 6) is 0.119. The van der Waals surface area contributed by atoms with Crippen molar-refractivity contribution in [2.45, 2.75) is 57.4 Å². The largest absolute Gasteiger partial charge is 0.343 e. The number of sulfone groups is 1. The Balaban J connectivity index is 2.15. The quantitative estimate of drug-likeness (QED) is 0.810. The number of hydrogen-bond donors (Lipinski definition) is 1. The van der Waals surface area contributed by atoms with E-state index in [9.17, 15) is 18.0 Å². The van der Waals surface area contributed by atoms with Crippen molar-refractivity contribution in [2.75, 3.05) is 12.3 Å². The molecule has 0 radical (unpaired) electrons. The van der Waals surface area contributed by atoms with E-state index in [1.807, 2.05) is 13.8 Å². The number of rotatable bonds is 4. The lowest BCUT2D eigenvalue weighted by molar-refractivity contribution is -0.149. The predicted octanol–water partition coefficient (Wildman–Crippen LogP) is 0.325. The first kappa shape index (κ1) is 16.3. The zero-order valence-electron chi connectivity index (χ0n) is 12.8. The minimum atomic E-state index is -3.12.